The molecule has 0 fully saturated rings. The zero-order valence-corrected chi connectivity index (χ0v) is 6.15. The number of rotatable bonds is 2. The molecule has 0 saturated heterocycles. The molecular formula is C2H6IOP. The molecule has 32 valence electrons. The average Bonchev–Trinajstić information content (AvgIpc) is 1.41. The third-order valence-corrected chi connectivity index (χ3v) is 1.53. The summed E-state index contributed by atoms with van der Waals surface area (Å²) in [6, 6.07) is 0. The zero-order chi connectivity index (χ0) is 4.12. The van der Waals surface area contributed by atoms with Gasteiger partial charge in [0.25, 0.3) is 0 Å². The van der Waals surface area contributed by atoms with Crippen LogP contribution in [0.1, 0.15) is 0 Å². The molecule has 0 aliphatic rings. The molecule has 3 heteroatoms. The van der Waals surface area contributed by atoms with Crippen molar-refractivity contribution in [3.05, 3.63) is 0 Å². The molecule has 0 heterocycles. The van der Waals surface area contributed by atoms with Crippen LogP contribution in [0.2, 0.25) is 0 Å². The lowest BCUT2D eigenvalue weighted by atomic mass is 11.8. The molecule has 0 saturated carbocycles. The Bertz CT molecular complexity index is 17.1. The average molecular weight is 204 g/mol. The molecule has 0 aromatic carbocycles. The van der Waals surface area contributed by atoms with E-state index in [2.05, 4.69) is 22.6 Å². The van der Waals surface area contributed by atoms with Gasteiger partial charge in [-0.25, -0.2) is 0 Å². The fraction of sp³-hybridized carbons (Fsp3) is 1.00. The normalized spacial score (nSPS) is 10.8. The fourth-order valence-electron chi connectivity index (χ4n) is 0.0546. The Hall–Kier alpha value is 1.12. The van der Waals surface area contributed by atoms with Crippen LogP contribution < -0.4 is 0 Å². The van der Waals surface area contributed by atoms with Crippen molar-refractivity contribution in [2.24, 2.45) is 0 Å². The highest BCUT2D eigenvalue weighted by molar-refractivity contribution is 14.1. The first-order valence-electron chi connectivity index (χ1n) is 1.26. The minimum atomic E-state index is 0.650. The lowest BCUT2D eigenvalue weighted by Gasteiger charge is -1.84. The fourth-order valence-corrected chi connectivity index (χ4v) is 1.10. The van der Waals surface area contributed by atoms with E-state index in [1.54, 1.807) is 0 Å². The van der Waals surface area contributed by atoms with Gasteiger partial charge >= 0.3 is 0 Å². The van der Waals surface area contributed by atoms with Crippen LogP contribution in [-0.4, -0.2) is 11.3 Å². The molecule has 0 rings (SSSR count). The van der Waals surface area contributed by atoms with Crippen LogP contribution in [0.25, 0.3) is 0 Å². The van der Waals surface area contributed by atoms with E-state index < -0.39 is 0 Å². The van der Waals surface area contributed by atoms with Gasteiger partial charge in [-0.05, 0) is 6.66 Å². The Morgan fingerprint density at radius 3 is 2.60 bits per heavy atom. The van der Waals surface area contributed by atoms with Crippen LogP contribution in [0.3, 0.4) is 0 Å². The summed E-state index contributed by atoms with van der Waals surface area (Å²) in [7, 11) is 0.650. The van der Waals surface area contributed by atoms with Crippen LogP contribution in [0.4, 0.5) is 0 Å². The van der Waals surface area contributed by atoms with Gasteiger partial charge in [0.1, 0.15) is 4.61 Å². The molecule has 1 unspecified atom stereocenters. The van der Waals surface area contributed by atoms with E-state index in [0.29, 0.717) is 8.81 Å². The molecule has 1 atom stereocenters. The summed E-state index contributed by atoms with van der Waals surface area (Å²) in [5.74, 6) is 0. The van der Waals surface area contributed by atoms with Gasteiger partial charge < -0.3 is 4.52 Å². The second-order valence-electron chi connectivity index (χ2n) is 0.458. The Labute approximate surface area is 47.5 Å². The smallest absolute Gasteiger partial charge is 0.102 e. The van der Waals surface area contributed by atoms with Gasteiger partial charge in [0.2, 0.25) is 0 Å². The Kier molecular flexibility index (Phi) is 6.27. The first kappa shape index (κ1) is 6.12. The third-order valence-electron chi connectivity index (χ3n) is 0.199. The minimum Gasteiger partial charge on any atom is -0.352 e. The zero-order valence-electron chi connectivity index (χ0n) is 2.99. The molecule has 5 heavy (non-hydrogen) atoms. The lowest BCUT2D eigenvalue weighted by Crippen LogP contribution is -1.62. The van der Waals surface area contributed by atoms with E-state index in [1.807, 2.05) is 6.66 Å². The second kappa shape index (κ2) is 5.12. The Balaban J connectivity index is 2.19. The maximum atomic E-state index is 4.85. The summed E-state index contributed by atoms with van der Waals surface area (Å²) in [4.78, 5) is 0. The predicted molar refractivity (Wildman–Crippen MR) is 34.2 cm³/mol. The summed E-state index contributed by atoms with van der Waals surface area (Å²) in [5, 5.41) is 0. The summed E-state index contributed by atoms with van der Waals surface area (Å²) >= 11 is 2.17. The highest BCUT2D eigenvalue weighted by atomic mass is 127. The molecule has 0 aliphatic heterocycles. The number of halogens is 1. The van der Waals surface area contributed by atoms with Gasteiger partial charge in [0.15, 0.2) is 0 Å². The molecule has 1 nitrogen and oxygen atoms in total. The van der Waals surface area contributed by atoms with E-state index in [-0.39, 0.29) is 0 Å². The molecule has 0 aromatic rings. The number of hydrogen-bond donors (Lipinski definition) is 0. The van der Waals surface area contributed by atoms with E-state index in [0.717, 1.165) is 4.61 Å². The molecule has 0 bridgehead atoms. The van der Waals surface area contributed by atoms with Crippen molar-refractivity contribution in [1.29, 1.82) is 0 Å². The van der Waals surface area contributed by atoms with E-state index in [1.165, 1.54) is 0 Å². The molecular weight excluding hydrogens is 198 g/mol. The third kappa shape index (κ3) is 5.12. The van der Waals surface area contributed by atoms with Crippen molar-refractivity contribution < 1.29 is 4.52 Å². The van der Waals surface area contributed by atoms with Crippen LogP contribution in [0.5, 0.6) is 0 Å². The standard InChI is InChI=1S/C2H6IOP/c1-5-4-2-3/h5H,2H2,1H3. The van der Waals surface area contributed by atoms with E-state index in [9.17, 15) is 0 Å². The van der Waals surface area contributed by atoms with E-state index >= 15 is 0 Å². The van der Waals surface area contributed by atoms with Gasteiger partial charge in [-0.2, -0.15) is 0 Å². The summed E-state index contributed by atoms with van der Waals surface area (Å²) < 4.78 is 5.67. The Morgan fingerprint density at radius 2 is 2.60 bits per heavy atom. The number of alkyl halides is 1. The quantitative estimate of drug-likeness (QED) is 0.377. The number of hydrogen-bond acceptors (Lipinski definition) is 1. The summed E-state index contributed by atoms with van der Waals surface area (Å²) in [5.41, 5.74) is 0. The summed E-state index contributed by atoms with van der Waals surface area (Å²) in [6.45, 7) is 2.01. The van der Waals surface area contributed by atoms with Crippen molar-refractivity contribution in [3.8, 4) is 0 Å². The van der Waals surface area contributed by atoms with Crippen molar-refractivity contribution in [1.82, 2.24) is 0 Å². The molecule has 0 amide bonds. The minimum absolute atomic E-state index is 0.650. The van der Waals surface area contributed by atoms with Gasteiger partial charge in [0, 0.05) is 8.81 Å². The highest BCUT2D eigenvalue weighted by Crippen LogP contribution is 2.04. The second-order valence-corrected chi connectivity index (χ2v) is 1.78. The maximum absolute atomic E-state index is 4.85. The first-order chi connectivity index (χ1) is 2.41. The first-order valence-corrected chi connectivity index (χ1v) is 4.19. The van der Waals surface area contributed by atoms with Gasteiger partial charge in [-0.1, -0.05) is 22.6 Å². The van der Waals surface area contributed by atoms with Crippen LogP contribution in [0, 0.1) is 0 Å². The van der Waals surface area contributed by atoms with Crippen molar-refractivity contribution >= 4 is 31.4 Å². The molecule has 0 N–H and O–H groups in total. The molecule has 0 aliphatic carbocycles. The summed E-state index contributed by atoms with van der Waals surface area (Å²) in [6.07, 6.45) is 0. The van der Waals surface area contributed by atoms with Crippen LogP contribution >= 0.6 is 31.4 Å². The van der Waals surface area contributed by atoms with Crippen LogP contribution in [0.15, 0.2) is 0 Å². The molecule has 0 aromatic heterocycles. The van der Waals surface area contributed by atoms with Crippen molar-refractivity contribution in [2.45, 2.75) is 0 Å². The molecule has 0 radical (unpaired) electrons. The largest absolute Gasteiger partial charge is 0.352 e. The topological polar surface area (TPSA) is 9.23 Å². The van der Waals surface area contributed by atoms with Gasteiger partial charge in [-0.3, -0.25) is 0 Å². The Morgan fingerprint density at radius 1 is 2.00 bits per heavy atom. The molecule has 0 spiro atoms. The lowest BCUT2D eigenvalue weighted by molar-refractivity contribution is 0.467. The monoisotopic (exact) mass is 204 g/mol. The van der Waals surface area contributed by atoms with Crippen molar-refractivity contribution in [2.75, 3.05) is 11.3 Å². The SMILES string of the molecule is CPOCI. The maximum Gasteiger partial charge on any atom is 0.102 e. The van der Waals surface area contributed by atoms with Crippen LogP contribution in [-0.2, 0) is 4.52 Å². The van der Waals surface area contributed by atoms with E-state index in [4.69, 9.17) is 4.52 Å². The van der Waals surface area contributed by atoms with Crippen molar-refractivity contribution in [3.63, 3.8) is 0 Å². The predicted octanol–water partition coefficient (Wildman–Crippen LogP) is 1.62. The highest BCUT2D eigenvalue weighted by Gasteiger charge is 1.65. The van der Waals surface area contributed by atoms with Gasteiger partial charge in [-0.15, -0.1) is 0 Å². The van der Waals surface area contributed by atoms with Gasteiger partial charge in [0.05, 0.1) is 0 Å².